The van der Waals surface area contributed by atoms with Gasteiger partial charge in [-0.2, -0.15) is 0 Å². The molecular formula is C20H24N2O2. The van der Waals surface area contributed by atoms with Gasteiger partial charge in [0.15, 0.2) is 0 Å². The molecule has 0 spiro atoms. The average Bonchev–Trinajstić information content (AvgIpc) is 3.41. The van der Waals surface area contributed by atoms with Crippen molar-refractivity contribution in [3.05, 3.63) is 59.7 Å². The van der Waals surface area contributed by atoms with Gasteiger partial charge in [0.25, 0.3) is 5.91 Å². The highest BCUT2D eigenvalue weighted by molar-refractivity contribution is 6.04. The summed E-state index contributed by atoms with van der Waals surface area (Å²) in [5.74, 6) is 1.43. The highest BCUT2D eigenvalue weighted by Gasteiger charge is 2.36. The number of rotatable bonds is 7. The van der Waals surface area contributed by atoms with Crippen LogP contribution in [0.2, 0.25) is 0 Å². The highest BCUT2D eigenvalue weighted by atomic mass is 16.3. The molecule has 1 fully saturated rings. The summed E-state index contributed by atoms with van der Waals surface area (Å²) in [6.45, 7) is 2.82. The number of benzene rings is 2. The van der Waals surface area contributed by atoms with Gasteiger partial charge in [0.05, 0.1) is 6.61 Å². The topological polar surface area (TPSA) is 61.4 Å². The number of hydrogen-bond donors (Lipinski definition) is 3. The Morgan fingerprint density at radius 2 is 1.75 bits per heavy atom. The SMILES string of the molecule is CCC1CC1c1ccc(NC(=O)c2ccc(NCCO)cc2)cc1. The fourth-order valence-corrected chi connectivity index (χ4v) is 3.06. The summed E-state index contributed by atoms with van der Waals surface area (Å²) >= 11 is 0. The lowest BCUT2D eigenvalue weighted by molar-refractivity contribution is 0.102. The van der Waals surface area contributed by atoms with Crippen molar-refractivity contribution in [1.29, 1.82) is 0 Å². The van der Waals surface area contributed by atoms with Crippen molar-refractivity contribution in [2.24, 2.45) is 5.92 Å². The first-order valence-corrected chi connectivity index (χ1v) is 8.57. The smallest absolute Gasteiger partial charge is 0.255 e. The van der Waals surface area contributed by atoms with Crippen molar-refractivity contribution in [3.8, 4) is 0 Å². The van der Waals surface area contributed by atoms with E-state index in [9.17, 15) is 4.79 Å². The van der Waals surface area contributed by atoms with Crippen molar-refractivity contribution < 1.29 is 9.90 Å². The number of hydrogen-bond acceptors (Lipinski definition) is 3. The van der Waals surface area contributed by atoms with Crippen molar-refractivity contribution in [1.82, 2.24) is 0 Å². The molecule has 0 bridgehead atoms. The van der Waals surface area contributed by atoms with Crippen LogP contribution in [0.15, 0.2) is 48.5 Å². The van der Waals surface area contributed by atoms with Gasteiger partial charge in [0.2, 0.25) is 0 Å². The van der Waals surface area contributed by atoms with Gasteiger partial charge in [-0.1, -0.05) is 25.5 Å². The van der Waals surface area contributed by atoms with E-state index in [1.54, 1.807) is 12.1 Å². The third-order valence-corrected chi connectivity index (χ3v) is 4.63. The van der Waals surface area contributed by atoms with E-state index in [2.05, 4.69) is 29.7 Å². The standard InChI is InChI=1S/C20H24N2O2/c1-2-14-13-19(14)15-3-9-18(10-4-15)22-20(24)16-5-7-17(8-6-16)21-11-12-23/h3-10,14,19,21,23H,2,11-13H2,1H3,(H,22,24). The monoisotopic (exact) mass is 324 g/mol. The summed E-state index contributed by atoms with van der Waals surface area (Å²) in [5, 5.41) is 14.8. The molecule has 4 heteroatoms. The molecule has 1 aliphatic rings. The molecule has 24 heavy (non-hydrogen) atoms. The van der Waals surface area contributed by atoms with Crippen LogP contribution in [0.25, 0.3) is 0 Å². The number of anilines is 2. The first kappa shape index (κ1) is 16.5. The summed E-state index contributed by atoms with van der Waals surface area (Å²) in [4.78, 5) is 12.3. The van der Waals surface area contributed by atoms with Crippen LogP contribution < -0.4 is 10.6 Å². The van der Waals surface area contributed by atoms with Crippen LogP contribution in [-0.2, 0) is 0 Å². The lowest BCUT2D eigenvalue weighted by Gasteiger charge is -2.08. The molecule has 2 unspecified atom stereocenters. The molecule has 3 rings (SSSR count). The van der Waals surface area contributed by atoms with Crippen LogP contribution in [0, 0.1) is 5.92 Å². The summed E-state index contributed by atoms with van der Waals surface area (Å²) in [7, 11) is 0. The van der Waals surface area contributed by atoms with E-state index in [0.29, 0.717) is 18.0 Å². The van der Waals surface area contributed by atoms with Gasteiger partial charge in [-0.3, -0.25) is 4.79 Å². The molecule has 1 aliphatic carbocycles. The minimum absolute atomic E-state index is 0.0814. The maximum atomic E-state index is 12.3. The summed E-state index contributed by atoms with van der Waals surface area (Å²) in [6, 6.07) is 15.4. The van der Waals surface area contributed by atoms with Crippen LogP contribution in [-0.4, -0.2) is 24.2 Å². The first-order valence-electron chi connectivity index (χ1n) is 8.57. The van der Waals surface area contributed by atoms with Crippen molar-refractivity contribution >= 4 is 17.3 Å². The van der Waals surface area contributed by atoms with E-state index in [1.807, 2.05) is 24.3 Å². The summed E-state index contributed by atoms with van der Waals surface area (Å²) in [6.07, 6.45) is 2.53. The van der Waals surface area contributed by atoms with E-state index >= 15 is 0 Å². The molecule has 2 aromatic rings. The molecule has 0 heterocycles. The largest absolute Gasteiger partial charge is 0.395 e. The van der Waals surface area contributed by atoms with E-state index in [-0.39, 0.29) is 12.5 Å². The van der Waals surface area contributed by atoms with Crippen LogP contribution >= 0.6 is 0 Å². The molecule has 0 radical (unpaired) electrons. The fraction of sp³-hybridized carbons (Fsp3) is 0.350. The van der Waals surface area contributed by atoms with Crippen LogP contribution in [0.3, 0.4) is 0 Å². The third-order valence-electron chi connectivity index (χ3n) is 4.63. The number of amides is 1. The Balaban J connectivity index is 1.58. The Morgan fingerprint density at radius 3 is 2.33 bits per heavy atom. The molecule has 1 saturated carbocycles. The minimum atomic E-state index is -0.116. The van der Waals surface area contributed by atoms with E-state index in [1.165, 1.54) is 18.4 Å². The van der Waals surface area contributed by atoms with Crippen LogP contribution in [0.5, 0.6) is 0 Å². The van der Waals surface area contributed by atoms with Crippen molar-refractivity contribution in [2.75, 3.05) is 23.8 Å². The van der Waals surface area contributed by atoms with Gasteiger partial charge in [0, 0.05) is 23.5 Å². The molecule has 4 nitrogen and oxygen atoms in total. The molecule has 3 N–H and O–H groups in total. The van der Waals surface area contributed by atoms with Crippen LogP contribution in [0.1, 0.15) is 41.6 Å². The third kappa shape index (κ3) is 3.95. The fourth-order valence-electron chi connectivity index (χ4n) is 3.06. The zero-order valence-corrected chi connectivity index (χ0v) is 14.0. The van der Waals surface area contributed by atoms with Gasteiger partial charge >= 0.3 is 0 Å². The van der Waals surface area contributed by atoms with Gasteiger partial charge in [-0.15, -0.1) is 0 Å². The molecule has 0 aromatic heterocycles. The first-order chi connectivity index (χ1) is 11.7. The van der Waals surface area contributed by atoms with Crippen LogP contribution in [0.4, 0.5) is 11.4 Å². The number of carbonyl (C=O) groups is 1. The normalized spacial score (nSPS) is 18.9. The van der Waals surface area contributed by atoms with Gasteiger partial charge in [-0.25, -0.2) is 0 Å². The Morgan fingerprint density at radius 1 is 1.08 bits per heavy atom. The van der Waals surface area contributed by atoms with Crippen molar-refractivity contribution in [3.63, 3.8) is 0 Å². The van der Waals surface area contributed by atoms with E-state index < -0.39 is 0 Å². The predicted octanol–water partition coefficient (Wildman–Crippen LogP) is 3.86. The average molecular weight is 324 g/mol. The van der Waals surface area contributed by atoms with Gasteiger partial charge < -0.3 is 15.7 Å². The zero-order valence-electron chi connectivity index (χ0n) is 14.0. The number of nitrogens with one attached hydrogen (secondary N) is 2. The van der Waals surface area contributed by atoms with E-state index in [4.69, 9.17) is 5.11 Å². The Kier molecular flexibility index (Phi) is 5.16. The summed E-state index contributed by atoms with van der Waals surface area (Å²) in [5.41, 5.74) is 3.70. The predicted molar refractivity (Wildman–Crippen MR) is 97.6 cm³/mol. The Labute approximate surface area is 142 Å². The number of aliphatic hydroxyl groups excluding tert-OH is 1. The maximum Gasteiger partial charge on any atom is 0.255 e. The number of aliphatic hydroxyl groups is 1. The minimum Gasteiger partial charge on any atom is -0.395 e. The quantitative estimate of drug-likeness (QED) is 0.725. The summed E-state index contributed by atoms with van der Waals surface area (Å²) < 4.78 is 0. The molecule has 0 aliphatic heterocycles. The second-order valence-corrected chi connectivity index (χ2v) is 6.31. The molecule has 126 valence electrons. The highest BCUT2D eigenvalue weighted by Crippen LogP contribution is 2.49. The Hall–Kier alpha value is -2.33. The lowest BCUT2D eigenvalue weighted by Crippen LogP contribution is -2.12. The molecule has 1 amide bonds. The molecule has 2 aromatic carbocycles. The maximum absolute atomic E-state index is 12.3. The Bertz CT molecular complexity index is 680. The lowest BCUT2D eigenvalue weighted by atomic mass is 10.1. The molecule has 0 saturated heterocycles. The van der Waals surface area contributed by atoms with E-state index in [0.717, 1.165) is 17.3 Å². The second-order valence-electron chi connectivity index (χ2n) is 6.31. The zero-order chi connectivity index (χ0) is 16.9. The van der Waals surface area contributed by atoms with Crippen molar-refractivity contribution in [2.45, 2.75) is 25.7 Å². The molecule has 2 atom stereocenters. The number of carbonyl (C=O) groups excluding carboxylic acids is 1. The van der Waals surface area contributed by atoms with Gasteiger partial charge in [0.1, 0.15) is 0 Å². The molecular weight excluding hydrogens is 300 g/mol. The van der Waals surface area contributed by atoms with Gasteiger partial charge in [-0.05, 0) is 60.2 Å². The second kappa shape index (κ2) is 7.49.